The molecular weight excluding hydrogens is 208 g/mol. The van der Waals surface area contributed by atoms with Gasteiger partial charge in [-0.2, -0.15) is 0 Å². The lowest BCUT2D eigenvalue weighted by Crippen LogP contribution is -2.30. The summed E-state index contributed by atoms with van der Waals surface area (Å²) < 4.78 is 5.35. The van der Waals surface area contributed by atoms with Gasteiger partial charge in [0, 0.05) is 6.54 Å². The van der Waals surface area contributed by atoms with Crippen LogP contribution in [0.5, 0.6) is 5.75 Å². The topological polar surface area (TPSA) is 85.4 Å². The van der Waals surface area contributed by atoms with E-state index >= 15 is 0 Å². The molecule has 0 atom stereocenters. The Labute approximate surface area is 94.2 Å². The van der Waals surface area contributed by atoms with E-state index in [1.54, 1.807) is 32.2 Å². The third-order valence-corrected chi connectivity index (χ3v) is 2.19. The molecular formula is C11H16N2O3. The highest BCUT2D eigenvalue weighted by atomic mass is 16.5. The molecule has 0 aliphatic rings. The Morgan fingerprint density at radius 3 is 2.69 bits per heavy atom. The van der Waals surface area contributed by atoms with Crippen molar-refractivity contribution in [2.24, 2.45) is 11.1 Å². The molecule has 5 nitrogen and oxygen atoms in total. The first-order valence-electron chi connectivity index (χ1n) is 4.97. The molecule has 1 rings (SSSR count). The number of aliphatic carboxylic acids is 1. The van der Waals surface area contributed by atoms with E-state index in [1.807, 2.05) is 0 Å². The minimum Gasteiger partial charge on any atom is -0.491 e. The van der Waals surface area contributed by atoms with E-state index in [0.717, 1.165) is 5.69 Å². The number of nitrogens with two attached hydrogens (primary N) is 1. The van der Waals surface area contributed by atoms with E-state index in [-0.39, 0.29) is 6.61 Å². The molecule has 0 saturated carbocycles. The van der Waals surface area contributed by atoms with Crippen molar-refractivity contribution in [1.29, 1.82) is 0 Å². The quantitative estimate of drug-likeness (QED) is 0.780. The first-order valence-corrected chi connectivity index (χ1v) is 4.97. The Kier molecular flexibility index (Phi) is 3.84. The number of hydrogen-bond donors (Lipinski definition) is 2. The molecule has 0 saturated heterocycles. The number of hydrogen-bond acceptors (Lipinski definition) is 4. The maximum atomic E-state index is 10.8. The van der Waals surface area contributed by atoms with Crippen molar-refractivity contribution >= 4 is 5.97 Å². The smallest absolute Gasteiger partial charge is 0.312 e. The Balaban J connectivity index is 2.58. The second kappa shape index (κ2) is 4.94. The minimum absolute atomic E-state index is 0.103. The van der Waals surface area contributed by atoms with Crippen LogP contribution in [0.4, 0.5) is 0 Å². The maximum Gasteiger partial charge on any atom is 0.312 e. The van der Waals surface area contributed by atoms with Gasteiger partial charge in [0.05, 0.1) is 17.3 Å². The van der Waals surface area contributed by atoms with Crippen molar-refractivity contribution in [3.05, 3.63) is 24.0 Å². The predicted molar refractivity (Wildman–Crippen MR) is 59.0 cm³/mol. The van der Waals surface area contributed by atoms with Crippen LogP contribution in [0.25, 0.3) is 0 Å². The van der Waals surface area contributed by atoms with Crippen molar-refractivity contribution in [1.82, 2.24) is 4.98 Å². The monoisotopic (exact) mass is 224 g/mol. The molecule has 0 aromatic carbocycles. The minimum atomic E-state index is -0.910. The molecule has 0 aliphatic carbocycles. The average molecular weight is 224 g/mol. The zero-order valence-electron chi connectivity index (χ0n) is 9.43. The second-order valence-corrected chi connectivity index (χ2v) is 4.17. The first-order chi connectivity index (χ1) is 7.45. The highest BCUT2D eigenvalue weighted by molar-refractivity contribution is 5.73. The van der Waals surface area contributed by atoms with Crippen LogP contribution in [0.15, 0.2) is 18.3 Å². The number of ether oxygens (including phenoxy) is 1. The fourth-order valence-electron chi connectivity index (χ4n) is 0.943. The first kappa shape index (κ1) is 12.4. The summed E-state index contributed by atoms with van der Waals surface area (Å²) in [6, 6.07) is 3.48. The fourth-order valence-corrected chi connectivity index (χ4v) is 0.943. The van der Waals surface area contributed by atoms with Gasteiger partial charge < -0.3 is 15.6 Å². The van der Waals surface area contributed by atoms with Gasteiger partial charge in [-0.25, -0.2) is 0 Å². The Bertz CT molecular complexity index is 360. The van der Waals surface area contributed by atoms with Gasteiger partial charge in [-0.05, 0) is 26.0 Å². The summed E-state index contributed by atoms with van der Waals surface area (Å²) in [5.74, 6) is -0.342. The standard InChI is InChI=1S/C11H16N2O3/c1-11(2,10(14)15)7-16-9-4-3-8(5-12)13-6-9/h3-4,6H,5,7,12H2,1-2H3,(H,14,15). The summed E-state index contributed by atoms with van der Waals surface area (Å²) in [6.45, 7) is 3.70. The molecule has 5 heteroatoms. The molecule has 0 spiro atoms. The van der Waals surface area contributed by atoms with Crippen LogP contribution in [-0.4, -0.2) is 22.7 Å². The Hall–Kier alpha value is -1.62. The number of carboxylic acid groups (broad SMARTS) is 1. The zero-order chi connectivity index (χ0) is 12.2. The highest BCUT2D eigenvalue weighted by Crippen LogP contribution is 2.18. The van der Waals surface area contributed by atoms with Crippen molar-refractivity contribution in [3.63, 3.8) is 0 Å². The van der Waals surface area contributed by atoms with Gasteiger partial charge in [0.2, 0.25) is 0 Å². The van der Waals surface area contributed by atoms with E-state index in [2.05, 4.69) is 4.98 Å². The number of pyridine rings is 1. The van der Waals surface area contributed by atoms with E-state index in [9.17, 15) is 4.79 Å². The van der Waals surface area contributed by atoms with Gasteiger partial charge in [0.25, 0.3) is 0 Å². The normalized spacial score (nSPS) is 11.2. The van der Waals surface area contributed by atoms with E-state index in [0.29, 0.717) is 12.3 Å². The molecule has 88 valence electrons. The summed E-state index contributed by atoms with van der Waals surface area (Å²) in [5.41, 5.74) is 5.26. The van der Waals surface area contributed by atoms with Gasteiger partial charge in [0.1, 0.15) is 12.4 Å². The molecule has 1 heterocycles. The van der Waals surface area contributed by atoms with Crippen molar-refractivity contribution < 1.29 is 14.6 Å². The van der Waals surface area contributed by atoms with Crippen LogP contribution in [0.2, 0.25) is 0 Å². The number of aromatic nitrogens is 1. The molecule has 0 aliphatic heterocycles. The highest BCUT2D eigenvalue weighted by Gasteiger charge is 2.28. The fraction of sp³-hybridized carbons (Fsp3) is 0.455. The number of carboxylic acids is 1. The van der Waals surface area contributed by atoms with Gasteiger partial charge >= 0.3 is 5.97 Å². The van der Waals surface area contributed by atoms with E-state index < -0.39 is 11.4 Å². The number of rotatable bonds is 5. The second-order valence-electron chi connectivity index (χ2n) is 4.17. The molecule has 0 unspecified atom stereocenters. The summed E-state index contributed by atoms with van der Waals surface area (Å²) in [4.78, 5) is 14.9. The van der Waals surface area contributed by atoms with Gasteiger partial charge in [-0.3, -0.25) is 9.78 Å². The lowest BCUT2D eigenvalue weighted by atomic mass is 9.95. The zero-order valence-corrected chi connectivity index (χ0v) is 9.43. The number of carbonyl (C=O) groups is 1. The lowest BCUT2D eigenvalue weighted by molar-refractivity contribution is -0.148. The van der Waals surface area contributed by atoms with Crippen LogP contribution in [0.3, 0.4) is 0 Å². The van der Waals surface area contributed by atoms with Gasteiger partial charge in [-0.1, -0.05) is 0 Å². The summed E-state index contributed by atoms with van der Waals surface area (Å²) in [5, 5.41) is 8.89. The third-order valence-electron chi connectivity index (χ3n) is 2.19. The van der Waals surface area contributed by atoms with Crippen molar-refractivity contribution in [2.75, 3.05) is 6.61 Å². The predicted octanol–water partition coefficient (Wildman–Crippen LogP) is 1.03. The van der Waals surface area contributed by atoms with E-state index in [4.69, 9.17) is 15.6 Å². The van der Waals surface area contributed by atoms with Crippen molar-refractivity contribution in [3.8, 4) is 5.75 Å². The molecule has 0 amide bonds. The van der Waals surface area contributed by atoms with Crippen molar-refractivity contribution in [2.45, 2.75) is 20.4 Å². The molecule has 0 fully saturated rings. The Morgan fingerprint density at radius 2 is 2.25 bits per heavy atom. The van der Waals surface area contributed by atoms with Crippen LogP contribution < -0.4 is 10.5 Å². The molecule has 0 radical (unpaired) electrons. The van der Waals surface area contributed by atoms with Crippen LogP contribution in [0.1, 0.15) is 19.5 Å². The molecule has 1 aromatic heterocycles. The summed E-state index contributed by atoms with van der Waals surface area (Å²) in [7, 11) is 0. The Morgan fingerprint density at radius 1 is 1.56 bits per heavy atom. The molecule has 0 bridgehead atoms. The molecule has 3 N–H and O–H groups in total. The van der Waals surface area contributed by atoms with Crippen LogP contribution in [-0.2, 0) is 11.3 Å². The van der Waals surface area contributed by atoms with E-state index in [1.165, 1.54) is 0 Å². The molecule has 1 aromatic rings. The maximum absolute atomic E-state index is 10.8. The number of nitrogens with zero attached hydrogens (tertiary/aromatic N) is 1. The summed E-state index contributed by atoms with van der Waals surface area (Å²) in [6.07, 6.45) is 1.54. The van der Waals surface area contributed by atoms with Crippen LogP contribution >= 0.6 is 0 Å². The SMILES string of the molecule is CC(C)(COc1ccc(CN)nc1)C(=O)O. The average Bonchev–Trinajstić information content (AvgIpc) is 2.27. The largest absolute Gasteiger partial charge is 0.491 e. The third kappa shape index (κ3) is 3.20. The van der Waals surface area contributed by atoms with Gasteiger partial charge in [-0.15, -0.1) is 0 Å². The van der Waals surface area contributed by atoms with Crippen LogP contribution in [0, 0.1) is 5.41 Å². The molecule has 16 heavy (non-hydrogen) atoms. The lowest BCUT2D eigenvalue weighted by Gasteiger charge is -2.19. The summed E-state index contributed by atoms with van der Waals surface area (Å²) >= 11 is 0. The van der Waals surface area contributed by atoms with Gasteiger partial charge in [0.15, 0.2) is 0 Å².